The topological polar surface area (TPSA) is 67.4 Å². The fourth-order valence-corrected chi connectivity index (χ4v) is 1.91. The van der Waals surface area contributed by atoms with E-state index in [0.717, 1.165) is 6.29 Å². The molecule has 0 bridgehead atoms. The SMILES string of the molecule is CC(C)COc1ccc(C=O)cc1NC(=O)Nc1ccccc1. The predicted molar refractivity (Wildman–Crippen MR) is 91.2 cm³/mol. The van der Waals surface area contributed by atoms with Gasteiger partial charge in [0, 0.05) is 11.3 Å². The summed E-state index contributed by atoms with van der Waals surface area (Å²) in [6.45, 7) is 4.60. The molecule has 120 valence electrons. The van der Waals surface area contributed by atoms with Gasteiger partial charge in [-0.25, -0.2) is 4.79 Å². The molecule has 23 heavy (non-hydrogen) atoms. The van der Waals surface area contributed by atoms with Crippen LogP contribution in [0.5, 0.6) is 5.75 Å². The lowest BCUT2D eigenvalue weighted by molar-refractivity contribution is 0.112. The van der Waals surface area contributed by atoms with Crippen LogP contribution in [0.15, 0.2) is 48.5 Å². The summed E-state index contributed by atoms with van der Waals surface area (Å²) >= 11 is 0. The molecule has 0 saturated heterocycles. The molecule has 0 atom stereocenters. The summed E-state index contributed by atoms with van der Waals surface area (Å²) in [5.74, 6) is 0.888. The lowest BCUT2D eigenvalue weighted by Crippen LogP contribution is -2.20. The summed E-state index contributed by atoms with van der Waals surface area (Å²) < 4.78 is 5.69. The number of hydrogen-bond donors (Lipinski definition) is 2. The van der Waals surface area contributed by atoms with Crippen molar-refractivity contribution >= 4 is 23.7 Å². The molecule has 0 fully saturated rings. The fraction of sp³-hybridized carbons (Fsp3) is 0.222. The van der Waals surface area contributed by atoms with E-state index < -0.39 is 6.03 Å². The molecule has 0 aromatic heterocycles. The predicted octanol–water partition coefficient (Wildman–Crippen LogP) is 4.18. The third-order valence-corrected chi connectivity index (χ3v) is 2.99. The van der Waals surface area contributed by atoms with Crippen LogP contribution in [0, 0.1) is 5.92 Å². The molecule has 2 N–H and O–H groups in total. The highest BCUT2D eigenvalue weighted by Crippen LogP contribution is 2.26. The Morgan fingerprint density at radius 1 is 1.13 bits per heavy atom. The maximum Gasteiger partial charge on any atom is 0.323 e. The molecule has 0 aliphatic rings. The van der Waals surface area contributed by atoms with Crippen molar-refractivity contribution in [1.82, 2.24) is 0 Å². The number of anilines is 2. The van der Waals surface area contributed by atoms with Crippen molar-refractivity contribution in [3.05, 3.63) is 54.1 Å². The van der Waals surface area contributed by atoms with Crippen molar-refractivity contribution in [2.24, 2.45) is 5.92 Å². The minimum Gasteiger partial charge on any atom is -0.491 e. The van der Waals surface area contributed by atoms with Crippen LogP contribution in [0.1, 0.15) is 24.2 Å². The van der Waals surface area contributed by atoms with Gasteiger partial charge in [-0.1, -0.05) is 32.0 Å². The van der Waals surface area contributed by atoms with Gasteiger partial charge in [0.15, 0.2) is 0 Å². The minimum atomic E-state index is -0.395. The molecule has 0 spiro atoms. The minimum absolute atomic E-state index is 0.353. The van der Waals surface area contributed by atoms with E-state index >= 15 is 0 Å². The number of urea groups is 1. The Balaban J connectivity index is 2.12. The normalized spacial score (nSPS) is 10.2. The summed E-state index contributed by atoms with van der Waals surface area (Å²) in [4.78, 5) is 23.0. The number of benzene rings is 2. The zero-order chi connectivity index (χ0) is 16.7. The van der Waals surface area contributed by atoms with Crippen LogP contribution in [0.2, 0.25) is 0 Å². The number of para-hydroxylation sites is 1. The Kier molecular flexibility index (Phi) is 5.74. The average Bonchev–Trinajstić information content (AvgIpc) is 2.54. The molecular formula is C18H20N2O3. The van der Waals surface area contributed by atoms with E-state index in [2.05, 4.69) is 10.6 Å². The van der Waals surface area contributed by atoms with Gasteiger partial charge in [0.25, 0.3) is 0 Å². The molecular weight excluding hydrogens is 292 g/mol. The zero-order valence-electron chi connectivity index (χ0n) is 13.2. The molecule has 0 aliphatic heterocycles. The Labute approximate surface area is 135 Å². The van der Waals surface area contributed by atoms with Gasteiger partial charge in [-0.3, -0.25) is 4.79 Å². The van der Waals surface area contributed by atoms with E-state index in [1.807, 2.05) is 32.0 Å². The first-order valence-corrected chi connectivity index (χ1v) is 7.43. The summed E-state index contributed by atoms with van der Waals surface area (Å²) in [5, 5.41) is 5.45. The Hall–Kier alpha value is -2.82. The molecule has 2 aromatic rings. The fourth-order valence-electron chi connectivity index (χ4n) is 1.91. The standard InChI is InChI=1S/C18H20N2O3/c1-13(2)12-23-17-9-8-14(11-21)10-16(17)20-18(22)19-15-6-4-3-5-7-15/h3-11,13H,12H2,1-2H3,(H2,19,20,22). The molecule has 0 heterocycles. The molecule has 2 aromatic carbocycles. The van der Waals surface area contributed by atoms with Crippen LogP contribution in [0.4, 0.5) is 16.2 Å². The highest BCUT2D eigenvalue weighted by Gasteiger charge is 2.10. The van der Waals surface area contributed by atoms with Gasteiger partial charge in [0.2, 0.25) is 0 Å². The number of carbonyl (C=O) groups excluding carboxylic acids is 2. The summed E-state index contributed by atoms with van der Waals surface area (Å²) in [5.41, 5.74) is 1.61. The lowest BCUT2D eigenvalue weighted by Gasteiger charge is -2.15. The first kappa shape index (κ1) is 16.5. The van der Waals surface area contributed by atoms with Crippen LogP contribution in [-0.4, -0.2) is 18.9 Å². The summed E-state index contributed by atoms with van der Waals surface area (Å²) in [6.07, 6.45) is 0.729. The van der Waals surface area contributed by atoms with Gasteiger partial charge in [0.05, 0.1) is 12.3 Å². The number of amides is 2. The van der Waals surface area contributed by atoms with Gasteiger partial charge in [-0.05, 0) is 36.2 Å². The lowest BCUT2D eigenvalue weighted by atomic mass is 10.2. The second kappa shape index (κ2) is 7.98. The maximum absolute atomic E-state index is 12.1. The van der Waals surface area contributed by atoms with Crippen molar-refractivity contribution in [1.29, 1.82) is 0 Å². The highest BCUT2D eigenvalue weighted by atomic mass is 16.5. The number of carbonyl (C=O) groups is 2. The monoisotopic (exact) mass is 312 g/mol. The molecule has 5 heteroatoms. The third kappa shape index (κ3) is 5.14. The van der Waals surface area contributed by atoms with E-state index in [0.29, 0.717) is 35.2 Å². The van der Waals surface area contributed by atoms with Crippen LogP contribution >= 0.6 is 0 Å². The number of hydrogen-bond acceptors (Lipinski definition) is 3. The van der Waals surface area contributed by atoms with Gasteiger partial charge < -0.3 is 15.4 Å². The number of aldehydes is 1. The Morgan fingerprint density at radius 2 is 1.87 bits per heavy atom. The molecule has 0 radical (unpaired) electrons. The summed E-state index contributed by atoms with van der Waals surface area (Å²) in [7, 11) is 0. The van der Waals surface area contributed by atoms with Crippen LogP contribution in [-0.2, 0) is 0 Å². The third-order valence-electron chi connectivity index (χ3n) is 2.99. The Morgan fingerprint density at radius 3 is 2.52 bits per heavy atom. The maximum atomic E-state index is 12.1. The second-order valence-corrected chi connectivity index (χ2v) is 5.52. The molecule has 5 nitrogen and oxygen atoms in total. The van der Waals surface area contributed by atoms with E-state index in [9.17, 15) is 9.59 Å². The van der Waals surface area contributed by atoms with Gasteiger partial charge in [-0.15, -0.1) is 0 Å². The van der Waals surface area contributed by atoms with Gasteiger partial charge in [-0.2, -0.15) is 0 Å². The van der Waals surface area contributed by atoms with Crippen molar-refractivity contribution in [2.75, 3.05) is 17.2 Å². The Bertz CT molecular complexity index is 669. The van der Waals surface area contributed by atoms with E-state index in [4.69, 9.17) is 4.74 Å². The first-order valence-electron chi connectivity index (χ1n) is 7.43. The van der Waals surface area contributed by atoms with E-state index in [1.165, 1.54) is 0 Å². The number of nitrogens with one attached hydrogen (secondary N) is 2. The molecule has 0 saturated carbocycles. The molecule has 2 amide bonds. The second-order valence-electron chi connectivity index (χ2n) is 5.52. The van der Waals surface area contributed by atoms with Crippen LogP contribution in [0.3, 0.4) is 0 Å². The number of rotatable bonds is 6. The van der Waals surface area contributed by atoms with Crippen molar-refractivity contribution < 1.29 is 14.3 Å². The number of ether oxygens (including phenoxy) is 1. The van der Waals surface area contributed by atoms with Crippen molar-refractivity contribution in [3.63, 3.8) is 0 Å². The van der Waals surface area contributed by atoms with Crippen LogP contribution in [0.25, 0.3) is 0 Å². The van der Waals surface area contributed by atoms with Gasteiger partial charge >= 0.3 is 6.03 Å². The zero-order valence-corrected chi connectivity index (χ0v) is 13.2. The molecule has 0 aliphatic carbocycles. The highest BCUT2D eigenvalue weighted by molar-refractivity contribution is 6.01. The summed E-state index contributed by atoms with van der Waals surface area (Å²) in [6, 6.07) is 13.7. The average molecular weight is 312 g/mol. The first-order chi connectivity index (χ1) is 11.1. The smallest absolute Gasteiger partial charge is 0.323 e. The van der Waals surface area contributed by atoms with Crippen molar-refractivity contribution in [3.8, 4) is 5.75 Å². The largest absolute Gasteiger partial charge is 0.491 e. The van der Waals surface area contributed by atoms with Gasteiger partial charge in [0.1, 0.15) is 12.0 Å². The quantitative estimate of drug-likeness (QED) is 0.786. The van der Waals surface area contributed by atoms with E-state index in [1.54, 1.807) is 30.3 Å². The van der Waals surface area contributed by atoms with E-state index in [-0.39, 0.29) is 0 Å². The van der Waals surface area contributed by atoms with Crippen LogP contribution < -0.4 is 15.4 Å². The van der Waals surface area contributed by atoms with Crippen molar-refractivity contribution in [2.45, 2.75) is 13.8 Å². The molecule has 2 rings (SSSR count). The molecule has 0 unspecified atom stereocenters.